The topological polar surface area (TPSA) is 29.9 Å². The second kappa shape index (κ2) is 6.32. The molecular weight excluding hydrogens is 351 g/mol. The van der Waals surface area contributed by atoms with Crippen molar-refractivity contribution in [3.8, 4) is 0 Å². The largest absolute Gasteiger partial charge is 0.416 e. The van der Waals surface area contributed by atoms with Crippen molar-refractivity contribution >= 4 is 11.6 Å². The van der Waals surface area contributed by atoms with E-state index in [-0.39, 0.29) is 6.04 Å². The molecule has 1 aromatic heterocycles. The molecule has 1 aliphatic carbocycles. The third-order valence-electron chi connectivity index (χ3n) is 4.97. The summed E-state index contributed by atoms with van der Waals surface area (Å²) in [7, 11) is 0. The van der Waals surface area contributed by atoms with Crippen molar-refractivity contribution in [3.05, 3.63) is 52.1 Å². The van der Waals surface area contributed by atoms with E-state index in [0.29, 0.717) is 29.5 Å². The van der Waals surface area contributed by atoms with Crippen LogP contribution in [-0.2, 0) is 19.1 Å². The number of imidazole rings is 1. The van der Waals surface area contributed by atoms with Gasteiger partial charge in [0.1, 0.15) is 5.82 Å². The van der Waals surface area contributed by atoms with Gasteiger partial charge in [0.25, 0.3) is 0 Å². The number of nitrogens with one attached hydrogen (secondary N) is 1. The summed E-state index contributed by atoms with van der Waals surface area (Å²) >= 11 is 6.38. The average molecular weight is 370 g/mol. The first kappa shape index (κ1) is 16.9. The van der Waals surface area contributed by atoms with Crippen molar-refractivity contribution in [2.24, 2.45) is 0 Å². The van der Waals surface area contributed by atoms with E-state index in [1.165, 1.54) is 12.1 Å². The van der Waals surface area contributed by atoms with Crippen LogP contribution in [0.15, 0.2) is 24.3 Å². The van der Waals surface area contributed by atoms with Gasteiger partial charge in [0.05, 0.1) is 17.3 Å². The molecule has 1 atom stereocenters. The molecule has 1 fully saturated rings. The van der Waals surface area contributed by atoms with Crippen molar-refractivity contribution in [1.29, 1.82) is 0 Å². The fourth-order valence-corrected chi connectivity index (χ4v) is 3.89. The number of benzene rings is 1. The molecule has 0 saturated heterocycles. The second-order valence-electron chi connectivity index (χ2n) is 6.82. The van der Waals surface area contributed by atoms with Gasteiger partial charge in [-0.3, -0.25) is 0 Å². The number of hydrogen-bond donors (Lipinski definition) is 1. The van der Waals surface area contributed by atoms with Crippen LogP contribution in [0, 0.1) is 0 Å². The molecule has 1 aliphatic heterocycles. The van der Waals surface area contributed by atoms with E-state index in [2.05, 4.69) is 14.9 Å². The van der Waals surface area contributed by atoms with E-state index >= 15 is 0 Å². The lowest BCUT2D eigenvalue weighted by Crippen LogP contribution is -2.34. The van der Waals surface area contributed by atoms with Gasteiger partial charge in [-0.15, -0.1) is 0 Å². The Kier molecular flexibility index (Phi) is 4.28. The first-order valence-electron chi connectivity index (χ1n) is 8.59. The Morgan fingerprint density at radius 1 is 1.28 bits per heavy atom. The minimum absolute atomic E-state index is 0.0239. The summed E-state index contributed by atoms with van der Waals surface area (Å²) in [5.41, 5.74) is 1.08. The highest BCUT2D eigenvalue weighted by Gasteiger charge is 2.34. The van der Waals surface area contributed by atoms with Crippen LogP contribution in [0.4, 0.5) is 13.2 Å². The van der Waals surface area contributed by atoms with E-state index in [1.807, 2.05) is 0 Å². The van der Waals surface area contributed by atoms with Gasteiger partial charge >= 0.3 is 6.18 Å². The molecule has 0 amide bonds. The lowest BCUT2D eigenvalue weighted by molar-refractivity contribution is -0.137. The number of aromatic nitrogens is 2. The molecule has 1 unspecified atom stereocenters. The maximum absolute atomic E-state index is 12.9. The molecule has 0 bridgehead atoms. The number of fused-ring (bicyclic) bond motifs is 1. The number of nitrogens with zero attached hydrogens (tertiary/aromatic N) is 2. The zero-order chi connectivity index (χ0) is 17.6. The maximum atomic E-state index is 12.9. The van der Waals surface area contributed by atoms with Crippen LogP contribution in [0.1, 0.15) is 53.9 Å². The molecule has 1 saturated carbocycles. The van der Waals surface area contributed by atoms with Crippen LogP contribution in [-0.4, -0.2) is 16.1 Å². The second-order valence-corrected chi connectivity index (χ2v) is 7.17. The van der Waals surface area contributed by atoms with Crippen molar-refractivity contribution in [1.82, 2.24) is 14.9 Å². The molecule has 3 nitrogen and oxygen atoms in total. The Morgan fingerprint density at radius 2 is 2.08 bits per heavy atom. The molecule has 7 heteroatoms. The molecule has 4 rings (SSSR count). The first-order chi connectivity index (χ1) is 11.9. The van der Waals surface area contributed by atoms with Crippen LogP contribution in [0.3, 0.4) is 0 Å². The van der Waals surface area contributed by atoms with Crippen molar-refractivity contribution in [3.63, 3.8) is 0 Å². The minimum Gasteiger partial charge on any atom is -0.328 e. The van der Waals surface area contributed by atoms with E-state index in [1.54, 1.807) is 6.07 Å². The standard InChI is InChI=1S/C18H19ClF3N3/c19-16-15-14(23-8-9-25(15)17(24-16)12-5-6-12)7-4-11-2-1-3-13(10-11)18(20,21)22/h1-3,10,12,14,23H,4-9H2. The molecular formula is C18H19ClF3N3. The summed E-state index contributed by atoms with van der Waals surface area (Å²) < 4.78 is 40.8. The van der Waals surface area contributed by atoms with Crippen molar-refractivity contribution < 1.29 is 13.2 Å². The summed E-state index contributed by atoms with van der Waals surface area (Å²) in [5, 5.41) is 3.97. The summed E-state index contributed by atoms with van der Waals surface area (Å²) in [5.74, 6) is 1.60. The molecule has 2 aliphatic rings. The fourth-order valence-electron chi connectivity index (χ4n) is 3.57. The van der Waals surface area contributed by atoms with Crippen LogP contribution in [0.25, 0.3) is 0 Å². The van der Waals surface area contributed by atoms with Crippen LogP contribution in [0.5, 0.6) is 0 Å². The number of halogens is 4. The van der Waals surface area contributed by atoms with Crippen LogP contribution >= 0.6 is 11.6 Å². The highest BCUT2D eigenvalue weighted by Crippen LogP contribution is 2.42. The number of hydrogen-bond acceptors (Lipinski definition) is 2. The molecule has 134 valence electrons. The first-order valence-corrected chi connectivity index (χ1v) is 8.96. The minimum atomic E-state index is -4.31. The van der Waals surface area contributed by atoms with Gasteiger partial charge in [0.15, 0.2) is 5.15 Å². The Morgan fingerprint density at radius 3 is 2.80 bits per heavy atom. The zero-order valence-electron chi connectivity index (χ0n) is 13.6. The lowest BCUT2D eigenvalue weighted by Gasteiger charge is -2.27. The lowest BCUT2D eigenvalue weighted by atomic mass is 10.0. The predicted molar refractivity (Wildman–Crippen MR) is 89.7 cm³/mol. The molecule has 0 spiro atoms. The number of aryl methyl sites for hydroxylation is 1. The molecule has 25 heavy (non-hydrogen) atoms. The molecule has 2 heterocycles. The Bertz CT molecular complexity index is 780. The van der Waals surface area contributed by atoms with Gasteiger partial charge < -0.3 is 9.88 Å². The Hall–Kier alpha value is -1.53. The SMILES string of the molecule is FC(F)(F)c1cccc(CCC2NCCn3c(C4CC4)nc(Cl)c32)c1. The summed E-state index contributed by atoms with van der Waals surface area (Å²) in [6, 6.07) is 5.57. The molecule has 1 N–H and O–H groups in total. The fraction of sp³-hybridized carbons (Fsp3) is 0.500. The van der Waals surface area contributed by atoms with E-state index < -0.39 is 11.7 Å². The summed E-state index contributed by atoms with van der Waals surface area (Å²) in [6.45, 7) is 1.67. The van der Waals surface area contributed by atoms with Gasteiger partial charge in [-0.1, -0.05) is 29.8 Å². The summed E-state index contributed by atoms with van der Waals surface area (Å²) in [4.78, 5) is 4.55. The maximum Gasteiger partial charge on any atom is 0.416 e. The van der Waals surface area contributed by atoms with Crippen molar-refractivity contribution in [2.45, 2.75) is 50.4 Å². The van der Waals surface area contributed by atoms with Gasteiger partial charge in [0.2, 0.25) is 0 Å². The Balaban J connectivity index is 1.52. The number of alkyl halides is 3. The highest BCUT2D eigenvalue weighted by molar-refractivity contribution is 6.30. The van der Waals surface area contributed by atoms with Crippen LogP contribution in [0.2, 0.25) is 5.15 Å². The quantitative estimate of drug-likeness (QED) is 0.845. The monoisotopic (exact) mass is 369 g/mol. The van der Waals surface area contributed by atoms with E-state index in [4.69, 9.17) is 11.6 Å². The van der Waals surface area contributed by atoms with E-state index in [0.717, 1.165) is 43.5 Å². The third-order valence-corrected chi connectivity index (χ3v) is 5.24. The molecule has 2 aromatic rings. The molecule has 0 radical (unpaired) electrons. The van der Waals surface area contributed by atoms with Crippen molar-refractivity contribution in [2.75, 3.05) is 6.54 Å². The average Bonchev–Trinajstić information content (AvgIpc) is 3.37. The zero-order valence-corrected chi connectivity index (χ0v) is 14.4. The normalized spacial score (nSPS) is 20.6. The van der Waals surface area contributed by atoms with E-state index in [9.17, 15) is 13.2 Å². The number of rotatable bonds is 4. The van der Waals surface area contributed by atoms with Gasteiger partial charge in [-0.25, -0.2) is 4.98 Å². The van der Waals surface area contributed by atoms with Crippen LogP contribution < -0.4 is 5.32 Å². The summed E-state index contributed by atoms with van der Waals surface area (Å²) in [6.07, 6.45) is -0.733. The predicted octanol–water partition coefficient (Wildman–Crippen LogP) is 4.71. The smallest absolute Gasteiger partial charge is 0.328 e. The highest BCUT2D eigenvalue weighted by atomic mass is 35.5. The van der Waals surface area contributed by atoms with Gasteiger partial charge in [-0.2, -0.15) is 13.2 Å². The van der Waals surface area contributed by atoms with Gasteiger partial charge in [0, 0.05) is 19.0 Å². The Labute approximate surface area is 149 Å². The molecule has 1 aromatic carbocycles. The van der Waals surface area contributed by atoms with Gasteiger partial charge in [-0.05, 0) is 37.3 Å². The third kappa shape index (κ3) is 3.42.